The van der Waals surface area contributed by atoms with Gasteiger partial charge in [-0.3, -0.25) is 9.20 Å². The van der Waals surface area contributed by atoms with Crippen LogP contribution < -0.4 is 5.32 Å². The summed E-state index contributed by atoms with van der Waals surface area (Å²) in [6, 6.07) is 8.03. The van der Waals surface area contributed by atoms with E-state index in [-0.39, 0.29) is 10.8 Å². The summed E-state index contributed by atoms with van der Waals surface area (Å²) in [6.07, 6.45) is 3.03. The molecule has 0 unspecified atom stereocenters. The normalized spacial score (nSPS) is 12.3. The van der Waals surface area contributed by atoms with Gasteiger partial charge in [-0.2, -0.15) is 0 Å². The number of halogens is 3. The Morgan fingerprint density at radius 2 is 2.07 bits per heavy atom. The number of pyridine rings is 1. The first-order valence-corrected chi connectivity index (χ1v) is 8.50. The molecule has 2 aromatic heterocycles. The van der Waals surface area contributed by atoms with Gasteiger partial charge in [0.1, 0.15) is 17.3 Å². The number of benzene rings is 1. The highest BCUT2D eigenvalue weighted by Crippen LogP contribution is 2.19. The minimum Gasteiger partial charge on any atom is -0.449 e. The first-order valence-electron chi connectivity index (χ1n) is 8.12. The van der Waals surface area contributed by atoms with Gasteiger partial charge in [-0.25, -0.2) is 18.6 Å². The summed E-state index contributed by atoms with van der Waals surface area (Å²) in [6.45, 7) is 1.32. The number of amides is 1. The van der Waals surface area contributed by atoms with Gasteiger partial charge in [-0.15, -0.1) is 0 Å². The zero-order chi connectivity index (χ0) is 20.3. The minimum atomic E-state index is -1.21. The molecule has 0 saturated heterocycles. The maximum Gasteiger partial charge on any atom is 0.331 e. The molecule has 3 rings (SSSR count). The van der Waals surface area contributed by atoms with Gasteiger partial charge in [-0.1, -0.05) is 17.7 Å². The van der Waals surface area contributed by atoms with Gasteiger partial charge in [-0.05, 0) is 37.3 Å². The van der Waals surface area contributed by atoms with Gasteiger partial charge < -0.3 is 10.1 Å². The lowest BCUT2D eigenvalue weighted by Crippen LogP contribution is -2.29. The molecule has 0 aliphatic carbocycles. The van der Waals surface area contributed by atoms with Crippen molar-refractivity contribution in [2.75, 3.05) is 5.32 Å². The quantitative estimate of drug-likeness (QED) is 0.517. The number of hydrogen-bond acceptors (Lipinski definition) is 4. The number of fused-ring (bicyclic) bond motifs is 1. The third-order valence-corrected chi connectivity index (χ3v) is 4.03. The predicted octanol–water partition coefficient (Wildman–Crippen LogP) is 3.85. The van der Waals surface area contributed by atoms with Crippen molar-refractivity contribution >= 4 is 40.9 Å². The molecule has 0 saturated carbocycles. The number of imidazole rings is 1. The van der Waals surface area contributed by atoms with Gasteiger partial charge in [0.15, 0.2) is 11.3 Å². The summed E-state index contributed by atoms with van der Waals surface area (Å²) in [7, 11) is 0. The monoisotopic (exact) mass is 405 g/mol. The Kier molecular flexibility index (Phi) is 5.70. The van der Waals surface area contributed by atoms with E-state index >= 15 is 0 Å². The van der Waals surface area contributed by atoms with E-state index in [4.69, 9.17) is 16.3 Å². The van der Waals surface area contributed by atoms with Crippen LogP contribution in [0.15, 0.2) is 48.7 Å². The van der Waals surface area contributed by atoms with Crippen molar-refractivity contribution in [1.82, 2.24) is 9.38 Å². The highest BCUT2D eigenvalue weighted by atomic mass is 35.5. The number of aromatic nitrogens is 2. The number of ether oxygens (including phenoxy) is 1. The fraction of sp³-hybridized carbons (Fsp3) is 0.105. The Morgan fingerprint density at radius 1 is 1.29 bits per heavy atom. The van der Waals surface area contributed by atoms with Crippen LogP contribution in [-0.4, -0.2) is 27.4 Å². The summed E-state index contributed by atoms with van der Waals surface area (Å²) in [4.78, 5) is 28.2. The third-order valence-electron chi connectivity index (χ3n) is 3.75. The van der Waals surface area contributed by atoms with Crippen LogP contribution in [0.5, 0.6) is 0 Å². The van der Waals surface area contributed by atoms with Crippen LogP contribution in [0.25, 0.3) is 11.7 Å². The molecule has 144 valence electrons. The molecule has 9 heteroatoms. The Balaban J connectivity index is 1.64. The van der Waals surface area contributed by atoms with Gasteiger partial charge in [0.05, 0.1) is 11.4 Å². The van der Waals surface area contributed by atoms with Crippen LogP contribution in [0, 0.1) is 11.6 Å². The second kappa shape index (κ2) is 8.18. The number of hydrogen-bond donors (Lipinski definition) is 1. The molecule has 1 atom stereocenters. The van der Waals surface area contributed by atoms with Crippen molar-refractivity contribution in [3.63, 3.8) is 0 Å². The smallest absolute Gasteiger partial charge is 0.331 e. The van der Waals surface area contributed by atoms with Crippen LogP contribution in [-0.2, 0) is 14.3 Å². The summed E-state index contributed by atoms with van der Waals surface area (Å²) in [5, 5.41) is 2.43. The SMILES string of the molecule is C[C@H](OC(=O)/C=C/c1c(Cl)nc2ccccn12)C(=O)Nc1ccc(F)cc1F. The number of rotatable bonds is 5. The molecule has 1 aromatic carbocycles. The van der Waals surface area contributed by atoms with E-state index < -0.39 is 29.6 Å². The molecule has 0 fully saturated rings. The molecule has 6 nitrogen and oxygen atoms in total. The molecule has 0 aliphatic heterocycles. The minimum absolute atomic E-state index is 0.202. The van der Waals surface area contributed by atoms with Crippen LogP contribution >= 0.6 is 11.6 Å². The zero-order valence-electron chi connectivity index (χ0n) is 14.5. The standard InChI is InChI=1S/C19H14ClF2N3O3/c1-11(19(27)23-14-6-5-12(21)10-13(14)22)28-17(26)8-7-15-18(20)24-16-4-2-3-9-25(15)16/h2-11H,1H3,(H,23,27)/b8-7+/t11-/m0/s1. The van der Waals surface area contributed by atoms with Crippen LogP contribution in [0.3, 0.4) is 0 Å². The maximum absolute atomic E-state index is 13.6. The first kappa shape index (κ1) is 19.5. The predicted molar refractivity (Wildman–Crippen MR) is 99.8 cm³/mol. The van der Waals surface area contributed by atoms with Crippen molar-refractivity contribution in [2.45, 2.75) is 13.0 Å². The molecule has 0 bridgehead atoms. The third kappa shape index (κ3) is 4.34. The Morgan fingerprint density at radius 3 is 2.82 bits per heavy atom. The van der Waals surface area contributed by atoms with E-state index in [1.165, 1.54) is 13.0 Å². The number of carbonyl (C=O) groups is 2. The number of anilines is 1. The van der Waals surface area contributed by atoms with Gasteiger partial charge in [0, 0.05) is 18.3 Å². The highest BCUT2D eigenvalue weighted by molar-refractivity contribution is 6.31. The molecule has 1 N–H and O–H groups in total. The van der Waals surface area contributed by atoms with Gasteiger partial charge in [0.25, 0.3) is 5.91 Å². The van der Waals surface area contributed by atoms with E-state index in [1.807, 2.05) is 0 Å². The van der Waals surface area contributed by atoms with Crippen LogP contribution in [0.1, 0.15) is 12.6 Å². The van der Waals surface area contributed by atoms with Crippen molar-refractivity contribution in [3.8, 4) is 0 Å². The lowest BCUT2D eigenvalue weighted by atomic mass is 10.2. The Hall–Kier alpha value is -3.26. The lowest BCUT2D eigenvalue weighted by Gasteiger charge is -2.12. The molecule has 1 amide bonds. The number of carbonyl (C=O) groups excluding carboxylic acids is 2. The number of nitrogens with one attached hydrogen (secondary N) is 1. The average molecular weight is 406 g/mol. The molecule has 28 heavy (non-hydrogen) atoms. The van der Waals surface area contributed by atoms with Crippen LogP contribution in [0.4, 0.5) is 14.5 Å². The van der Waals surface area contributed by atoms with E-state index in [9.17, 15) is 18.4 Å². The fourth-order valence-corrected chi connectivity index (χ4v) is 2.62. The van der Waals surface area contributed by atoms with Crippen molar-refractivity contribution in [2.24, 2.45) is 0 Å². The Bertz CT molecular complexity index is 1080. The molecular formula is C19H14ClF2N3O3. The lowest BCUT2D eigenvalue weighted by molar-refractivity contribution is -0.148. The van der Waals surface area contributed by atoms with Crippen molar-refractivity contribution < 1.29 is 23.1 Å². The van der Waals surface area contributed by atoms with E-state index in [0.717, 1.165) is 18.2 Å². The molecule has 3 aromatic rings. The fourth-order valence-electron chi connectivity index (χ4n) is 2.37. The summed E-state index contributed by atoms with van der Waals surface area (Å²) in [5.74, 6) is -3.27. The largest absolute Gasteiger partial charge is 0.449 e. The Labute approximate surface area is 163 Å². The molecule has 0 aliphatic rings. The number of esters is 1. The van der Waals surface area contributed by atoms with Gasteiger partial charge in [0.2, 0.25) is 0 Å². The van der Waals surface area contributed by atoms with Crippen molar-refractivity contribution in [3.05, 3.63) is 71.2 Å². The van der Waals surface area contributed by atoms with E-state index in [2.05, 4.69) is 10.3 Å². The van der Waals surface area contributed by atoms with E-state index in [0.29, 0.717) is 17.4 Å². The summed E-state index contributed by atoms with van der Waals surface area (Å²) >= 11 is 6.06. The second-order valence-corrected chi connectivity index (χ2v) is 6.10. The molecule has 2 heterocycles. The van der Waals surface area contributed by atoms with Gasteiger partial charge >= 0.3 is 5.97 Å². The molecular weight excluding hydrogens is 392 g/mol. The molecule has 0 radical (unpaired) electrons. The highest BCUT2D eigenvalue weighted by Gasteiger charge is 2.18. The molecule has 0 spiro atoms. The topological polar surface area (TPSA) is 72.7 Å². The maximum atomic E-state index is 13.6. The zero-order valence-corrected chi connectivity index (χ0v) is 15.3. The average Bonchev–Trinajstić information content (AvgIpc) is 2.97. The second-order valence-electron chi connectivity index (χ2n) is 5.74. The number of nitrogens with zero attached hydrogens (tertiary/aromatic N) is 2. The summed E-state index contributed by atoms with van der Waals surface area (Å²) < 4.78 is 33.2. The van der Waals surface area contributed by atoms with Crippen molar-refractivity contribution in [1.29, 1.82) is 0 Å². The summed E-state index contributed by atoms with van der Waals surface area (Å²) in [5.41, 5.74) is 0.858. The van der Waals surface area contributed by atoms with Crippen LogP contribution in [0.2, 0.25) is 5.15 Å². The first-order chi connectivity index (χ1) is 13.3. The van der Waals surface area contributed by atoms with E-state index in [1.54, 1.807) is 28.8 Å².